The fourth-order valence-corrected chi connectivity index (χ4v) is 8.28. The first-order chi connectivity index (χ1) is 14.5. The van der Waals surface area contributed by atoms with E-state index in [0.29, 0.717) is 18.4 Å². The molecule has 30 heavy (non-hydrogen) atoms. The minimum atomic E-state index is -3.21. The molecule has 1 saturated carbocycles. The van der Waals surface area contributed by atoms with Gasteiger partial charge in [-0.1, -0.05) is 49.7 Å². The molecule has 0 aromatic heterocycles. The van der Waals surface area contributed by atoms with Crippen molar-refractivity contribution in [3.05, 3.63) is 65.2 Å². The van der Waals surface area contributed by atoms with E-state index in [1.807, 2.05) is 18.2 Å². The van der Waals surface area contributed by atoms with Crippen LogP contribution in [-0.2, 0) is 29.5 Å². The number of ether oxygens (including phenoxy) is 1. The van der Waals surface area contributed by atoms with Crippen LogP contribution >= 0.6 is 0 Å². The van der Waals surface area contributed by atoms with Gasteiger partial charge in [0.1, 0.15) is 12.4 Å². The smallest absolute Gasteiger partial charge is 0.215 e. The highest BCUT2D eigenvalue weighted by molar-refractivity contribution is 7.90. The van der Waals surface area contributed by atoms with Crippen LogP contribution in [-0.4, -0.2) is 19.2 Å². The Kier molecular flexibility index (Phi) is 5.14. The Labute approximate surface area is 180 Å². The van der Waals surface area contributed by atoms with Crippen LogP contribution in [0.25, 0.3) is 0 Å². The molecule has 3 aliphatic rings. The van der Waals surface area contributed by atoms with Crippen LogP contribution in [0.4, 0.5) is 0 Å². The van der Waals surface area contributed by atoms with Crippen LogP contribution in [0.1, 0.15) is 55.7 Å². The average molecular weight is 426 g/mol. The molecule has 2 fully saturated rings. The first-order valence-electron chi connectivity index (χ1n) is 11.3. The van der Waals surface area contributed by atoms with Gasteiger partial charge in [-0.05, 0) is 79.2 Å². The van der Waals surface area contributed by atoms with Gasteiger partial charge < -0.3 is 4.74 Å². The summed E-state index contributed by atoms with van der Waals surface area (Å²) >= 11 is 0. The molecular weight excluding hydrogens is 394 g/mol. The highest BCUT2D eigenvalue weighted by Gasteiger charge is 2.59. The van der Waals surface area contributed by atoms with E-state index in [9.17, 15) is 8.42 Å². The molecule has 1 N–H and O–H groups in total. The number of rotatable bonds is 5. The van der Waals surface area contributed by atoms with Crippen LogP contribution < -0.4 is 9.46 Å². The van der Waals surface area contributed by atoms with Gasteiger partial charge in [0.15, 0.2) is 0 Å². The van der Waals surface area contributed by atoms with Crippen LogP contribution in [0.2, 0.25) is 0 Å². The molecular formula is C25H31NO3S. The van der Waals surface area contributed by atoms with E-state index in [2.05, 4.69) is 42.0 Å². The molecule has 160 valence electrons. The van der Waals surface area contributed by atoms with Crippen LogP contribution in [0, 0.1) is 11.8 Å². The summed E-state index contributed by atoms with van der Waals surface area (Å²) in [6.07, 6.45) is 6.60. The largest absolute Gasteiger partial charge is 0.489 e. The number of hydrogen-bond donors (Lipinski definition) is 1. The van der Waals surface area contributed by atoms with Gasteiger partial charge in [0.05, 0.1) is 5.25 Å². The van der Waals surface area contributed by atoms with Gasteiger partial charge in [-0.25, -0.2) is 13.1 Å². The van der Waals surface area contributed by atoms with Crippen molar-refractivity contribution in [2.24, 2.45) is 11.8 Å². The number of benzene rings is 2. The molecule has 5 heteroatoms. The Morgan fingerprint density at radius 2 is 1.77 bits per heavy atom. The van der Waals surface area contributed by atoms with E-state index < -0.39 is 10.0 Å². The molecule has 1 spiro atoms. The third kappa shape index (κ3) is 3.46. The minimum absolute atomic E-state index is 0.225. The molecule has 1 heterocycles. The average Bonchev–Trinajstić information content (AvgIpc) is 3.13. The molecule has 0 amide bonds. The van der Waals surface area contributed by atoms with Crippen molar-refractivity contribution < 1.29 is 13.2 Å². The second-order valence-corrected chi connectivity index (χ2v) is 11.3. The maximum atomic E-state index is 12.9. The van der Waals surface area contributed by atoms with Crippen molar-refractivity contribution in [3.8, 4) is 5.75 Å². The maximum absolute atomic E-state index is 12.9. The SMILES string of the molecule is CCCC1CC2(NS1(=O)=O)C1CCC2Cc2cc(OCc3ccccc3)ccc2C1. The van der Waals surface area contributed by atoms with E-state index in [-0.39, 0.29) is 10.8 Å². The Bertz CT molecular complexity index is 1020. The number of hydrogen-bond acceptors (Lipinski definition) is 3. The highest BCUT2D eigenvalue weighted by Crippen LogP contribution is 2.53. The lowest BCUT2D eigenvalue weighted by Gasteiger charge is -2.34. The lowest BCUT2D eigenvalue weighted by atomic mass is 9.76. The zero-order chi connectivity index (χ0) is 20.8. The van der Waals surface area contributed by atoms with Gasteiger partial charge >= 0.3 is 0 Å². The van der Waals surface area contributed by atoms with Gasteiger partial charge in [-0.3, -0.25) is 0 Å². The fraction of sp³-hybridized carbons (Fsp3) is 0.520. The molecule has 0 radical (unpaired) electrons. The molecule has 2 aromatic carbocycles. The zero-order valence-corrected chi connectivity index (χ0v) is 18.5. The van der Waals surface area contributed by atoms with Crippen LogP contribution in [0.3, 0.4) is 0 Å². The third-order valence-electron chi connectivity index (χ3n) is 7.63. The normalized spacial score (nSPS) is 31.4. The molecule has 2 bridgehead atoms. The van der Waals surface area contributed by atoms with E-state index in [1.54, 1.807) is 0 Å². The minimum Gasteiger partial charge on any atom is -0.489 e. The van der Waals surface area contributed by atoms with Crippen molar-refractivity contribution in [3.63, 3.8) is 0 Å². The monoisotopic (exact) mass is 425 g/mol. The summed E-state index contributed by atoms with van der Waals surface area (Å²) < 4.78 is 35.0. The second-order valence-electron chi connectivity index (χ2n) is 9.39. The van der Waals surface area contributed by atoms with E-state index in [1.165, 1.54) is 11.1 Å². The quantitative estimate of drug-likeness (QED) is 0.760. The molecule has 4 nitrogen and oxygen atoms in total. The lowest BCUT2D eigenvalue weighted by molar-refractivity contribution is 0.223. The summed E-state index contributed by atoms with van der Waals surface area (Å²) in [5, 5.41) is -0.225. The van der Waals surface area contributed by atoms with E-state index in [4.69, 9.17) is 4.74 Å². The summed E-state index contributed by atoms with van der Waals surface area (Å²) in [4.78, 5) is 0. The van der Waals surface area contributed by atoms with Crippen LogP contribution in [0.5, 0.6) is 5.75 Å². The van der Waals surface area contributed by atoms with Crippen molar-refractivity contribution >= 4 is 10.0 Å². The number of fused-ring (bicyclic) bond motifs is 1. The van der Waals surface area contributed by atoms with Crippen molar-refractivity contribution in [2.45, 2.75) is 69.3 Å². The van der Waals surface area contributed by atoms with Crippen LogP contribution in [0.15, 0.2) is 48.5 Å². The maximum Gasteiger partial charge on any atom is 0.215 e. The predicted molar refractivity (Wildman–Crippen MR) is 119 cm³/mol. The van der Waals surface area contributed by atoms with Gasteiger partial charge in [-0.15, -0.1) is 0 Å². The fourth-order valence-electron chi connectivity index (χ4n) is 6.13. The molecule has 2 aliphatic carbocycles. The standard InChI is InChI=1S/C25H31NO3S/c1-2-6-24-16-25(26-30(24,27)28)21-10-11-22(25)14-20-15-23(12-9-19(20)13-21)29-17-18-7-4-3-5-8-18/h3-5,7-9,12,15,21-22,24,26H,2,6,10-11,13-14,16-17H2,1H3. The van der Waals surface area contributed by atoms with Crippen molar-refractivity contribution in [2.75, 3.05) is 0 Å². The summed E-state index contributed by atoms with van der Waals surface area (Å²) in [5.74, 6) is 1.68. The molecule has 1 saturated heterocycles. The van der Waals surface area contributed by atoms with E-state index in [0.717, 1.165) is 56.3 Å². The molecule has 5 rings (SSSR count). The Balaban J connectivity index is 1.38. The molecule has 2 aromatic rings. The zero-order valence-electron chi connectivity index (χ0n) is 17.6. The van der Waals surface area contributed by atoms with Gasteiger partial charge in [0.25, 0.3) is 0 Å². The summed E-state index contributed by atoms with van der Waals surface area (Å²) in [5.41, 5.74) is 3.62. The molecule has 1 aliphatic heterocycles. The van der Waals surface area contributed by atoms with Crippen molar-refractivity contribution in [1.82, 2.24) is 4.72 Å². The third-order valence-corrected chi connectivity index (χ3v) is 9.57. The number of sulfonamides is 1. The van der Waals surface area contributed by atoms with Crippen molar-refractivity contribution in [1.29, 1.82) is 0 Å². The Morgan fingerprint density at radius 1 is 1.03 bits per heavy atom. The van der Waals surface area contributed by atoms with Gasteiger partial charge in [0.2, 0.25) is 10.0 Å². The van der Waals surface area contributed by atoms with E-state index >= 15 is 0 Å². The second kappa shape index (κ2) is 7.69. The first-order valence-corrected chi connectivity index (χ1v) is 12.9. The predicted octanol–water partition coefficient (Wildman–Crippen LogP) is 4.62. The number of nitrogens with one attached hydrogen (secondary N) is 1. The van der Waals surface area contributed by atoms with Gasteiger partial charge in [0, 0.05) is 5.54 Å². The highest BCUT2D eigenvalue weighted by atomic mass is 32.2. The summed E-state index contributed by atoms with van der Waals surface area (Å²) in [6.45, 7) is 2.64. The first kappa shape index (κ1) is 20.1. The summed E-state index contributed by atoms with van der Waals surface area (Å²) in [6, 6.07) is 16.7. The topological polar surface area (TPSA) is 55.4 Å². The Hall–Kier alpha value is -1.85. The van der Waals surface area contributed by atoms with Gasteiger partial charge in [-0.2, -0.15) is 0 Å². The molecule has 4 atom stereocenters. The lowest BCUT2D eigenvalue weighted by Crippen LogP contribution is -2.50. The molecule has 4 unspecified atom stereocenters. The Morgan fingerprint density at radius 3 is 2.50 bits per heavy atom. The summed E-state index contributed by atoms with van der Waals surface area (Å²) in [7, 11) is -3.21.